The molecular weight excluding hydrogens is 878 g/mol. The number of halogens is 1. The van der Waals surface area contributed by atoms with E-state index in [0.29, 0.717) is 48.1 Å². The van der Waals surface area contributed by atoms with Gasteiger partial charge >= 0.3 is 12.2 Å². The average molecular weight is 953 g/mol. The van der Waals surface area contributed by atoms with E-state index in [4.69, 9.17) is 44.9 Å². The topological polar surface area (TPSA) is 167 Å². The van der Waals surface area contributed by atoms with Crippen LogP contribution in [0.4, 0.5) is 9.59 Å². The van der Waals surface area contributed by atoms with Crippen LogP contribution in [-0.2, 0) is 20.9 Å². The molecule has 2 heterocycles. The van der Waals surface area contributed by atoms with Gasteiger partial charge in [-0.25, -0.2) is 9.59 Å². The molecule has 67 heavy (non-hydrogen) atoms. The van der Waals surface area contributed by atoms with Crippen LogP contribution in [0.2, 0.25) is 0 Å². The minimum absolute atomic E-state index is 0.0236. The second-order valence-corrected chi connectivity index (χ2v) is 18.5. The molecule has 2 amide bonds. The number of fused-ring (bicyclic) bond motifs is 3. The fourth-order valence-electron chi connectivity index (χ4n) is 10.5. The van der Waals surface area contributed by atoms with Gasteiger partial charge in [0.25, 0.3) is 0 Å². The number of unbranched alkanes of at least 4 members (excludes halogenated alkanes) is 11. The van der Waals surface area contributed by atoms with Crippen molar-refractivity contribution < 1.29 is 53.1 Å². The van der Waals surface area contributed by atoms with Gasteiger partial charge in [-0.2, -0.15) is 0 Å². The number of aliphatic hydroxyl groups excluding tert-OH is 2. The number of alkyl halides is 1. The third-order valence-electron chi connectivity index (χ3n) is 13.6. The highest BCUT2D eigenvalue weighted by Crippen LogP contribution is 2.62. The first-order valence-corrected chi connectivity index (χ1v) is 25.3. The fourth-order valence-corrected chi connectivity index (χ4v) is 10.6. The van der Waals surface area contributed by atoms with Crippen molar-refractivity contribution in [1.29, 1.82) is 0 Å². The Morgan fingerprint density at radius 2 is 1.64 bits per heavy atom. The summed E-state index contributed by atoms with van der Waals surface area (Å²) in [5.74, 6) is -0.240. The Morgan fingerprint density at radius 3 is 2.36 bits per heavy atom. The minimum Gasteiger partial charge on any atom is -0.459 e. The number of amides is 2. The van der Waals surface area contributed by atoms with Crippen molar-refractivity contribution in [3.63, 3.8) is 0 Å². The van der Waals surface area contributed by atoms with Gasteiger partial charge in [0, 0.05) is 44.2 Å². The standard InChI is InChI=1S/C52H74ClN3O11/c1-4-6-7-8-9-10-11-12-13-16-26-54-50(59)66-39-22-24-44-42(33-39)48-40(20-15-18-28-58)38(19-14-17-27-57)32-41-43(55-61-3)34-47(52(67-44,49(41)48)65-29-5-2)56(51(60)62-30-25-53)35-37-21-23-45-46(31-37)64-36-63-45/h5,21-24,31-33,38,40,47-49,57-58H,2,4,6-20,25-30,34-36H2,1,3H3,(H,54,59). The van der Waals surface area contributed by atoms with Crippen LogP contribution in [0.25, 0.3) is 0 Å². The molecule has 6 rings (SSSR count). The average Bonchev–Trinajstić information content (AvgIpc) is 3.81. The van der Waals surface area contributed by atoms with Gasteiger partial charge in [-0.3, -0.25) is 4.90 Å². The lowest BCUT2D eigenvalue weighted by molar-refractivity contribution is -0.256. The fraction of sp³-hybridized carbons (Fsp3) is 0.635. The molecule has 6 unspecified atom stereocenters. The number of hydrogen-bond donors (Lipinski definition) is 3. The van der Waals surface area contributed by atoms with Crippen molar-refractivity contribution in [3.05, 3.63) is 71.8 Å². The number of oxime groups is 1. The van der Waals surface area contributed by atoms with Crippen LogP contribution in [0, 0.1) is 17.8 Å². The maximum Gasteiger partial charge on any atom is 0.412 e. The molecule has 0 spiro atoms. The van der Waals surface area contributed by atoms with Gasteiger partial charge in [0.2, 0.25) is 12.6 Å². The van der Waals surface area contributed by atoms with Crippen LogP contribution in [0.3, 0.4) is 0 Å². The molecule has 1 saturated carbocycles. The van der Waals surface area contributed by atoms with Gasteiger partial charge < -0.3 is 48.8 Å². The van der Waals surface area contributed by atoms with Crippen LogP contribution in [0.15, 0.2) is 65.9 Å². The molecule has 15 heteroatoms. The van der Waals surface area contributed by atoms with Crippen molar-refractivity contribution in [3.8, 4) is 23.0 Å². The molecule has 2 aliphatic heterocycles. The van der Waals surface area contributed by atoms with Gasteiger partial charge in [-0.05, 0) is 85.4 Å². The lowest BCUT2D eigenvalue weighted by Gasteiger charge is -2.59. The summed E-state index contributed by atoms with van der Waals surface area (Å²) in [4.78, 5) is 35.1. The Kier molecular flexibility index (Phi) is 20.8. The third kappa shape index (κ3) is 13.4. The number of hydrogen-bond acceptors (Lipinski definition) is 12. The minimum atomic E-state index is -1.53. The first-order chi connectivity index (χ1) is 32.8. The Morgan fingerprint density at radius 1 is 0.925 bits per heavy atom. The zero-order valence-corrected chi connectivity index (χ0v) is 40.5. The predicted octanol–water partition coefficient (Wildman–Crippen LogP) is 10.6. The first-order valence-electron chi connectivity index (χ1n) is 24.8. The summed E-state index contributed by atoms with van der Waals surface area (Å²) < 4.78 is 37.5. The zero-order chi connectivity index (χ0) is 47.4. The number of nitrogens with zero attached hydrogens (tertiary/aromatic N) is 2. The molecule has 2 aliphatic carbocycles. The van der Waals surface area contributed by atoms with E-state index < -0.39 is 29.9 Å². The molecule has 370 valence electrons. The lowest BCUT2D eigenvalue weighted by atomic mass is 9.55. The van der Waals surface area contributed by atoms with Crippen molar-refractivity contribution in [2.24, 2.45) is 22.9 Å². The van der Waals surface area contributed by atoms with Gasteiger partial charge in [-0.1, -0.05) is 101 Å². The summed E-state index contributed by atoms with van der Waals surface area (Å²) in [6.07, 6.45) is 19.3. The van der Waals surface area contributed by atoms with Crippen molar-refractivity contribution in [2.45, 2.75) is 140 Å². The van der Waals surface area contributed by atoms with E-state index in [-0.39, 0.29) is 69.8 Å². The molecular formula is C52H74ClN3O11. The number of rotatable bonds is 29. The summed E-state index contributed by atoms with van der Waals surface area (Å²) in [6.45, 7) is 7.16. The number of carbonyl (C=O) groups is 2. The number of benzene rings is 2. The molecule has 14 nitrogen and oxygen atoms in total. The van der Waals surface area contributed by atoms with Crippen LogP contribution in [0.5, 0.6) is 23.0 Å². The monoisotopic (exact) mass is 952 g/mol. The second-order valence-electron chi connectivity index (χ2n) is 18.1. The van der Waals surface area contributed by atoms with E-state index in [9.17, 15) is 19.8 Å². The summed E-state index contributed by atoms with van der Waals surface area (Å²) in [5.41, 5.74) is 3.10. The largest absolute Gasteiger partial charge is 0.459 e. The molecule has 4 aliphatic rings. The molecule has 2 aromatic rings. The smallest absolute Gasteiger partial charge is 0.412 e. The summed E-state index contributed by atoms with van der Waals surface area (Å²) >= 11 is 6.10. The van der Waals surface area contributed by atoms with Crippen LogP contribution in [-0.4, -0.2) is 97.6 Å². The Labute approximate surface area is 402 Å². The Hall–Kier alpha value is -4.50. The number of ether oxygens (including phenoxy) is 6. The van der Waals surface area contributed by atoms with Gasteiger partial charge in [0.15, 0.2) is 11.5 Å². The third-order valence-corrected chi connectivity index (χ3v) is 13.7. The molecule has 0 saturated heterocycles. The predicted molar refractivity (Wildman–Crippen MR) is 258 cm³/mol. The molecule has 0 bridgehead atoms. The molecule has 3 N–H and O–H groups in total. The quantitative estimate of drug-likeness (QED) is 0.0307. The normalized spacial score (nSPS) is 22.8. The summed E-state index contributed by atoms with van der Waals surface area (Å²) in [6, 6.07) is 10.2. The van der Waals surface area contributed by atoms with Gasteiger partial charge in [0.05, 0.1) is 24.1 Å². The van der Waals surface area contributed by atoms with Gasteiger partial charge in [0.1, 0.15) is 31.3 Å². The van der Waals surface area contributed by atoms with Crippen molar-refractivity contribution >= 4 is 29.5 Å². The van der Waals surface area contributed by atoms with Crippen LogP contribution in [0.1, 0.15) is 133 Å². The molecule has 2 aromatic carbocycles. The lowest BCUT2D eigenvalue weighted by Crippen LogP contribution is -2.70. The molecule has 1 fully saturated rings. The van der Waals surface area contributed by atoms with Gasteiger partial charge in [-0.15, -0.1) is 18.2 Å². The van der Waals surface area contributed by atoms with Crippen molar-refractivity contribution in [1.82, 2.24) is 10.2 Å². The number of allylic oxidation sites excluding steroid dienone is 1. The maximum atomic E-state index is 14.5. The molecule has 0 aromatic heterocycles. The number of carbonyl (C=O) groups excluding carboxylic acids is 2. The van der Waals surface area contributed by atoms with E-state index in [1.807, 2.05) is 30.3 Å². The van der Waals surface area contributed by atoms with E-state index in [2.05, 4.69) is 30.1 Å². The highest BCUT2D eigenvalue weighted by Gasteiger charge is 2.65. The highest BCUT2D eigenvalue weighted by molar-refractivity contribution is 6.18. The van der Waals surface area contributed by atoms with E-state index in [1.165, 1.54) is 52.1 Å². The molecule has 6 atom stereocenters. The summed E-state index contributed by atoms with van der Waals surface area (Å²) in [7, 11) is 1.51. The van der Waals surface area contributed by atoms with Crippen LogP contribution >= 0.6 is 11.6 Å². The Bertz CT molecular complexity index is 1960. The van der Waals surface area contributed by atoms with Crippen molar-refractivity contribution in [2.75, 3.05) is 52.8 Å². The van der Waals surface area contributed by atoms with E-state index >= 15 is 0 Å². The molecule has 0 radical (unpaired) electrons. The van der Waals surface area contributed by atoms with E-state index in [0.717, 1.165) is 61.6 Å². The zero-order valence-electron chi connectivity index (χ0n) is 39.7. The number of nitrogens with one attached hydrogen (secondary N) is 1. The number of aliphatic hydroxyl groups is 2. The summed E-state index contributed by atoms with van der Waals surface area (Å²) in [5, 5.41) is 27.5. The van der Waals surface area contributed by atoms with E-state index in [1.54, 1.807) is 17.0 Å². The highest BCUT2D eigenvalue weighted by atomic mass is 35.5. The first kappa shape index (κ1) is 51.9. The SMILES string of the molecule is C=CCOC12Oc3ccc(OC(=O)NCCCCCCCCCCCC)cc3C3C(CCCCO)C(CCCCO)C=C(C(=NOC)CC1N(Cc1ccc4c(c1)OCO4)C(=O)OCCCl)C32. The van der Waals surface area contributed by atoms with Crippen LogP contribution < -0.4 is 24.3 Å². The second kappa shape index (κ2) is 26.9. The maximum absolute atomic E-state index is 14.5. The Balaban J connectivity index is 1.38.